The fourth-order valence-corrected chi connectivity index (χ4v) is 1.57. The van der Waals surface area contributed by atoms with Crippen LogP contribution in [0.2, 0.25) is 0 Å². The number of hydrogen-bond donors (Lipinski definition) is 3. The summed E-state index contributed by atoms with van der Waals surface area (Å²) in [5, 5.41) is 28.2. The van der Waals surface area contributed by atoms with Crippen molar-refractivity contribution in [3.8, 4) is 0 Å². The van der Waals surface area contributed by atoms with E-state index in [1.54, 1.807) is 0 Å². The van der Waals surface area contributed by atoms with Crippen molar-refractivity contribution in [2.45, 2.75) is 45.2 Å². The highest BCUT2D eigenvalue weighted by atomic mass is 16.5. The summed E-state index contributed by atoms with van der Waals surface area (Å²) < 4.78 is 5.28. The summed E-state index contributed by atoms with van der Waals surface area (Å²) in [6.45, 7) is 5.85. The van der Waals surface area contributed by atoms with Gasteiger partial charge in [0.2, 0.25) is 0 Å². The Morgan fingerprint density at radius 3 is 2.08 bits per heavy atom. The lowest BCUT2D eigenvalue weighted by Gasteiger charge is -2.41. The molecule has 0 saturated carbocycles. The summed E-state index contributed by atoms with van der Waals surface area (Å²) in [5.74, 6) is 0. The molecule has 0 aromatic carbocycles. The first-order valence-corrected chi connectivity index (χ1v) is 4.50. The molecule has 78 valence electrons. The Labute approximate surface area is 78.1 Å². The number of hydrogen-bond acceptors (Lipinski definition) is 4. The van der Waals surface area contributed by atoms with Gasteiger partial charge in [-0.1, -0.05) is 20.8 Å². The molecule has 4 nitrogen and oxygen atoms in total. The van der Waals surface area contributed by atoms with E-state index < -0.39 is 24.4 Å². The molecule has 0 spiro atoms. The quantitative estimate of drug-likeness (QED) is 0.482. The average molecular weight is 190 g/mol. The molecule has 1 heterocycles. The second-order valence-corrected chi connectivity index (χ2v) is 4.67. The van der Waals surface area contributed by atoms with Crippen molar-refractivity contribution < 1.29 is 20.1 Å². The van der Waals surface area contributed by atoms with Gasteiger partial charge in [0.1, 0.15) is 18.3 Å². The van der Waals surface area contributed by atoms with Gasteiger partial charge in [0.15, 0.2) is 0 Å². The number of aliphatic hydroxyl groups is 3. The van der Waals surface area contributed by atoms with Crippen molar-refractivity contribution in [2.75, 3.05) is 6.61 Å². The van der Waals surface area contributed by atoms with Crippen LogP contribution in [0.5, 0.6) is 0 Å². The summed E-state index contributed by atoms with van der Waals surface area (Å²) in [7, 11) is 0. The minimum Gasteiger partial charge on any atom is -0.388 e. The van der Waals surface area contributed by atoms with E-state index in [1.165, 1.54) is 0 Å². The second-order valence-electron chi connectivity index (χ2n) is 4.67. The van der Waals surface area contributed by atoms with E-state index in [1.807, 2.05) is 20.8 Å². The Morgan fingerprint density at radius 1 is 1.08 bits per heavy atom. The van der Waals surface area contributed by atoms with Crippen LogP contribution in [-0.2, 0) is 4.74 Å². The van der Waals surface area contributed by atoms with E-state index >= 15 is 0 Å². The highest BCUT2D eigenvalue weighted by molar-refractivity contribution is 4.92. The largest absolute Gasteiger partial charge is 0.388 e. The summed E-state index contributed by atoms with van der Waals surface area (Å²) in [4.78, 5) is 0. The van der Waals surface area contributed by atoms with Crippen molar-refractivity contribution in [1.82, 2.24) is 0 Å². The van der Waals surface area contributed by atoms with Crippen molar-refractivity contribution in [3.05, 3.63) is 0 Å². The minimum atomic E-state index is -1.10. The van der Waals surface area contributed by atoms with Gasteiger partial charge in [-0.15, -0.1) is 0 Å². The van der Waals surface area contributed by atoms with Crippen LogP contribution >= 0.6 is 0 Å². The van der Waals surface area contributed by atoms with Gasteiger partial charge in [-0.3, -0.25) is 0 Å². The number of rotatable bonds is 0. The third-order valence-corrected chi connectivity index (χ3v) is 2.35. The monoisotopic (exact) mass is 190 g/mol. The van der Waals surface area contributed by atoms with E-state index in [2.05, 4.69) is 0 Å². The highest BCUT2D eigenvalue weighted by Gasteiger charge is 2.42. The molecule has 1 rings (SSSR count). The zero-order valence-corrected chi connectivity index (χ0v) is 8.27. The molecule has 0 aromatic heterocycles. The average Bonchev–Trinajstić information content (AvgIpc) is 1.98. The van der Waals surface area contributed by atoms with Crippen LogP contribution in [0.1, 0.15) is 20.8 Å². The van der Waals surface area contributed by atoms with Crippen molar-refractivity contribution >= 4 is 0 Å². The SMILES string of the molecule is CC(C)(C)[C@@H]1OC[C@@H](O)[C@H](O)[C@H]1O. The molecule has 1 aliphatic rings. The molecule has 0 aromatic rings. The van der Waals surface area contributed by atoms with Gasteiger partial charge in [-0.2, -0.15) is 0 Å². The zero-order valence-electron chi connectivity index (χ0n) is 8.27. The number of ether oxygens (including phenoxy) is 1. The third kappa shape index (κ3) is 2.20. The zero-order chi connectivity index (χ0) is 10.2. The van der Waals surface area contributed by atoms with Crippen LogP contribution in [0, 0.1) is 5.41 Å². The lowest BCUT2D eigenvalue weighted by molar-refractivity contribution is -0.211. The van der Waals surface area contributed by atoms with E-state index in [4.69, 9.17) is 4.74 Å². The molecule has 0 aliphatic carbocycles. The minimum absolute atomic E-state index is 0.0835. The van der Waals surface area contributed by atoms with Gasteiger partial charge in [-0.05, 0) is 5.41 Å². The standard InChI is InChI=1S/C9H18O4/c1-9(2,3)8-7(12)6(11)5(10)4-13-8/h5-8,10-12H,4H2,1-3H3/t5-,6+,7-,8-/m1/s1. The van der Waals surface area contributed by atoms with Gasteiger partial charge in [0.05, 0.1) is 12.7 Å². The summed E-state index contributed by atoms with van der Waals surface area (Å²) >= 11 is 0. The van der Waals surface area contributed by atoms with Crippen LogP contribution in [0.15, 0.2) is 0 Å². The van der Waals surface area contributed by atoms with Crippen LogP contribution < -0.4 is 0 Å². The molecule has 0 unspecified atom stereocenters. The predicted octanol–water partition coefficient (Wildman–Crippen LogP) is -0.486. The van der Waals surface area contributed by atoms with Crippen LogP contribution in [0.3, 0.4) is 0 Å². The second kappa shape index (κ2) is 3.53. The molecule has 0 bridgehead atoms. The fraction of sp³-hybridized carbons (Fsp3) is 1.00. The summed E-state index contributed by atoms with van der Waals surface area (Å²) in [6, 6.07) is 0. The first-order valence-electron chi connectivity index (χ1n) is 4.50. The first kappa shape index (κ1) is 10.9. The van der Waals surface area contributed by atoms with E-state index in [-0.39, 0.29) is 12.0 Å². The molecule has 4 atom stereocenters. The van der Waals surface area contributed by atoms with Crippen molar-refractivity contribution in [2.24, 2.45) is 5.41 Å². The van der Waals surface area contributed by atoms with Crippen molar-refractivity contribution in [3.63, 3.8) is 0 Å². The van der Waals surface area contributed by atoms with Crippen LogP contribution in [0.25, 0.3) is 0 Å². The highest BCUT2D eigenvalue weighted by Crippen LogP contribution is 2.30. The maximum atomic E-state index is 9.61. The van der Waals surface area contributed by atoms with Gasteiger partial charge in [0.25, 0.3) is 0 Å². The molecule has 13 heavy (non-hydrogen) atoms. The van der Waals surface area contributed by atoms with Gasteiger partial charge < -0.3 is 20.1 Å². The summed E-state index contributed by atoms with van der Waals surface area (Å²) in [5.41, 5.74) is -0.236. The molecule has 1 saturated heterocycles. The fourth-order valence-electron chi connectivity index (χ4n) is 1.57. The lowest BCUT2D eigenvalue weighted by Crippen LogP contribution is -2.56. The first-order chi connectivity index (χ1) is 5.84. The van der Waals surface area contributed by atoms with Gasteiger partial charge in [0, 0.05) is 0 Å². The molecule has 3 N–H and O–H groups in total. The van der Waals surface area contributed by atoms with E-state index in [0.29, 0.717) is 0 Å². The topological polar surface area (TPSA) is 69.9 Å². The van der Waals surface area contributed by atoms with E-state index in [0.717, 1.165) is 0 Å². The molecule has 4 heteroatoms. The molecule has 0 amide bonds. The Balaban J connectivity index is 2.70. The van der Waals surface area contributed by atoms with Crippen LogP contribution in [-0.4, -0.2) is 46.3 Å². The van der Waals surface area contributed by atoms with Crippen molar-refractivity contribution in [1.29, 1.82) is 0 Å². The molecule has 1 fully saturated rings. The van der Waals surface area contributed by atoms with E-state index in [9.17, 15) is 15.3 Å². The lowest BCUT2D eigenvalue weighted by atomic mass is 9.81. The third-order valence-electron chi connectivity index (χ3n) is 2.35. The Kier molecular flexibility index (Phi) is 2.97. The summed E-state index contributed by atoms with van der Waals surface area (Å²) in [6.07, 6.45) is -3.51. The molecule has 1 aliphatic heterocycles. The maximum Gasteiger partial charge on any atom is 0.111 e. The van der Waals surface area contributed by atoms with Crippen LogP contribution in [0.4, 0.5) is 0 Å². The van der Waals surface area contributed by atoms with Gasteiger partial charge >= 0.3 is 0 Å². The molecular formula is C9H18O4. The Hall–Kier alpha value is -0.160. The molecule has 0 radical (unpaired) electrons. The maximum absolute atomic E-state index is 9.61. The smallest absolute Gasteiger partial charge is 0.111 e. The predicted molar refractivity (Wildman–Crippen MR) is 47.2 cm³/mol. The van der Waals surface area contributed by atoms with Gasteiger partial charge in [-0.25, -0.2) is 0 Å². The number of aliphatic hydroxyl groups excluding tert-OH is 3. The molecular weight excluding hydrogens is 172 g/mol. The Morgan fingerprint density at radius 2 is 1.62 bits per heavy atom. The normalized spacial score (nSPS) is 42.0. The Bertz CT molecular complexity index is 175.